The summed E-state index contributed by atoms with van der Waals surface area (Å²) in [6.45, 7) is 0. The fraction of sp³-hybridized carbons (Fsp3) is 0.0400. The van der Waals surface area contributed by atoms with Gasteiger partial charge in [-0.15, -0.1) is 0 Å². The molecule has 2 heterocycles. The normalized spacial score (nSPS) is 10.9. The molecule has 0 aliphatic heterocycles. The maximum Gasteiger partial charge on any atom is 0.171 e. The molecule has 0 spiro atoms. The van der Waals surface area contributed by atoms with E-state index in [1.54, 1.807) is 23.9 Å². The topological polar surface area (TPSA) is 53.1 Å². The number of rotatable bonds is 5. The number of aromatic nitrogens is 3. The molecular formula is C25H18FN3O2. The van der Waals surface area contributed by atoms with Crippen LogP contribution >= 0.6 is 0 Å². The van der Waals surface area contributed by atoms with Gasteiger partial charge < -0.3 is 9.26 Å². The van der Waals surface area contributed by atoms with Gasteiger partial charge in [-0.3, -0.25) is 0 Å². The van der Waals surface area contributed by atoms with Gasteiger partial charge in [0.25, 0.3) is 0 Å². The van der Waals surface area contributed by atoms with E-state index in [0.29, 0.717) is 22.9 Å². The van der Waals surface area contributed by atoms with E-state index in [-0.39, 0.29) is 5.82 Å². The molecule has 152 valence electrons. The second-order valence-corrected chi connectivity index (χ2v) is 6.96. The van der Waals surface area contributed by atoms with Crippen molar-refractivity contribution in [2.75, 3.05) is 7.11 Å². The summed E-state index contributed by atoms with van der Waals surface area (Å²) in [7, 11) is 1.62. The molecule has 0 unspecified atom stereocenters. The molecule has 5 aromatic rings. The van der Waals surface area contributed by atoms with Crippen molar-refractivity contribution >= 4 is 0 Å². The van der Waals surface area contributed by atoms with Crippen molar-refractivity contribution in [2.45, 2.75) is 0 Å². The van der Waals surface area contributed by atoms with E-state index in [4.69, 9.17) is 14.4 Å². The highest BCUT2D eigenvalue weighted by atomic mass is 19.1. The van der Waals surface area contributed by atoms with Crippen LogP contribution in [0.25, 0.3) is 39.5 Å². The smallest absolute Gasteiger partial charge is 0.171 e. The Hall–Kier alpha value is -4.19. The fourth-order valence-corrected chi connectivity index (χ4v) is 3.47. The van der Waals surface area contributed by atoms with E-state index in [1.807, 2.05) is 66.9 Å². The third-order valence-corrected chi connectivity index (χ3v) is 5.01. The highest BCUT2D eigenvalue weighted by Gasteiger charge is 2.19. The average Bonchev–Trinajstić information content (AvgIpc) is 3.48. The molecule has 0 N–H and O–H groups in total. The van der Waals surface area contributed by atoms with Crippen LogP contribution in [0.3, 0.4) is 0 Å². The monoisotopic (exact) mass is 411 g/mol. The highest BCUT2D eigenvalue weighted by molar-refractivity contribution is 5.81. The quantitative estimate of drug-likeness (QED) is 0.355. The SMILES string of the molecule is COc1ccccc1-c1cc(-c2cn(-c3ccccc3)nc2-c2ccc(F)cc2)no1. The molecule has 6 heteroatoms. The Kier molecular flexibility index (Phi) is 4.80. The predicted molar refractivity (Wildman–Crippen MR) is 116 cm³/mol. The maximum atomic E-state index is 13.5. The van der Waals surface area contributed by atoms with Gasteiger partial charge in [0.1, 0.15) is 23.0 Å². The van der Waals surface area contributed by atoms with Crippen LogP contribution in [-0.4, -0.2) is 22.0 Å². The summed E-state index contributed by atoms with van der Waals surface area (Å²) < 4.78 is 26.4. The van der Waals surface area contributed by atoms with Crippen LogP contribution in [-0.2, 0) is 0 Å². The molecule has 3 aromatic carbocycles. The van der Waals surface area contributed by atoms with Crippen molar-refractivity contribution in [1.82, 2.24) is 14.9 Å². The molecular weight excluding hydrogens is 393 g/mol. The lowest BCUT2D eigenvalue weighted by Crippen LogP contribution is -1.94. The van der Waals surface area contributed by atoms with Crippen molar-refractivity contribution in [3.8, 4) is 45.3 Å². The first-order valence-electron chi connectivity index (χ1n) is 9.74. The molecule has 0 fully saturated rings. The summed E-state index contributed by atoms with van der Waals surface area (Å²) in [6, 6.07) is 25.5. The van der Waals surface area contributed by atoms with Crippen molar-refractivity contribution in [3.05, 3.63) is 96.9 Å². The van der Waals surface area contributed by atoms with Crippen molar-refractivity contribution in [1.29, 1.82) is 0 Å². The molecule has 0 bridgehead atoms. The number of hydrogen-bond acceptors (Lipinski definition) is 4. The largest absolute Gasteiger partial charge is 0.496 e. The van der Waals surface area contributed by atoms with Gasteiger partial charge in [-0.2, -0.15) is 5.10 Å². The minimum atomic E-state index is -0.298. The van der Waals surface area contributed by atoms with Crippen LogP contribution in [0.5, 0.6) is 5.75 Å². The van der Waals surface area contributed by atoms with Crippen LogP contribution in [0.2, 0.25) is 0 Å². The van der Waals surface area contributed by atoms with Crippen LogP contribution in [0.15, 0.2) is 95.6 Å². The van der Waals surface area contributed by atoms with Gasteiger partial charge in [0.15, 0.2) is 5.76 Å². The molecule has 0 saturated carbocycles. The molecule has 5 rings (SSSR count). The van der Waals surface area contributed by atoms with Crippen molar-refractivity contribution in [3.63, 3.8) is 0 Å². The van der Waals surface area contributed by atoms with Crippen LogP contribution in [0, 0.1) is 5.82 Å². The van der Waals surface area contributed by atoms with Crippen LogP contribution < -0.4 is 4.74 Å². The molecule has 31 heavy (non-hydrogen) atoms. The Morgan fingerprint density at radius 3 is 2.39 bits per heavy atom. The Balaban J connectivity index is 1.64. The van der Waals surface area contributed by atoms with Crippen LogP contribution in [0.1, 0.15) is 0 Å². The van der Waals surface area contributed by atoms with Gasteiger partial charge in [0.2, 0.25) is 0 Å². The number of ether oxygens (including phenoxy) is 1. The maximum absolute atomic E-state index is 13.5. The zero-order valence-corrected chi connectivity index (χ0v) is 16.7. The molecule has 2 aromatic heterocycles. The number of para-hydroxylation sites is 2. The minimum absolute atomic E-state index is 0.298. The first-order chi connectivity index (χ1) is 15.2. The van der Waals surface area contributed by atoms with Gasteiger partial charge in [0.05, 0.1) is 23.9 Å². The van der Waals surface area contributed by atoms with Gasteiger partial charge in [-0.1, -0.05) is 35.5 Å². The summed E-state index contributed by atoms with van der Waals surface area (Å²) in [5, 5.41) is 9.05. The average molecular weight is 411 g/mol. The number of methoxy groups -OCH3 is 1. The highest BCUT2D eigenvalue weighted by Crippen LogP contribution is 2.36. The predicted octanol–water partition coefficient (Wildman–Crippen LogP) is 6.01. The first kappa shape index (κ1) is 18.8. The van der Waals surface area contributed by atoms with Gasteiger partial charge in [0, 0.05) is 17.8 Å². The third-order valence-electron chi connectivity index (χ3n) is 5.01. The van der Waals surface area contributed by atoms with Crippen LogP contribution in [0.4, 0.5) is 4.39 Å². The third kappa shape index (κ3) is 3.59. The Labute approximate surface area is 178 Å². The molecule has 0 atom stereocenters. The van der Waals surface area contributed by atoms with E-state index in [1.165, 1.54) is 12.1 Å². The molecule has 5 nitrogen and oxygen atoms in total. The second-order valence-electron chi connectivity index (χ2n) is 6.96. The van der Waals surface area contributed by atoms with E-state index >= 15 is 0 Å². The van der Waals surface area contributed by atoms with Crippen molar-refractivity contribution in [2.24, 2.45) is 0 Å². The van der Waals surface area contributed by atoms with E-state index < -0.39 is 0 Å². The van der Waals surface area contributed by atoms with Crippen molar-refractivity contribution < 1.29 is 13.7 Å². The fourth-order valence-electron chi connectivity index (χ4n) is 3.47. The molecule has 0 amide bonds. The standard InChI is InChI=1S/C25H18FN3O2/c1-30-23-10-6-5-9-20(23)24-15-22(28-31-24)21-16-29(19-7-3-2-4-8-19)27-25(21)17-11-13-18(26)14-12-17/h2-16H,1H3. The number of nitrogens with zero attached hydrogens (tertiary/aromatic N) is 3. The van der Waals surface area contributed by atoms with E-state index in [0.717, 1.165) is 22.4 Å². The molecule has 0 saturated heterocycles. The van der Waals surface area contributed by atoms with Gasteiger partial charge in [-0.25, -0.2) is 9.07 Å². The zero-order chi connectivity index (χ0) is 21.2. The summed E-state index contributed by atoms with van der Waals surface area (Å²) in [6.07, 6.45) is 1.90. The molecule has 0 aliphatic rings. The van der Waals surface area contributed by atoms with Gasteiger partial charge in [-0.05, 0) is 48.5 Å². The van der Waals surface area contributed by atoms with E-state index in [2.05, 4.69) is 5.16 Å². The lowest BCUT2D eigenvalue weighted by atomic mass is 10.0. The lowest BCUT2D eigenvalue weighted by Gasteiger charge is -2.03. The summed E-state index contributed by atoms with van der Waals surface area (Å²) in [5.41, 5.74) is 4.59. The lowest BCUT2D eigenvalue weighted by molar-refractivity contribution is 0.407. The summed E-state index contributed by atoms with van der Waals surface area (Å²) in [4.78, 5) is 0. The summed E-state index contributed by atoms with van der Waals surface area (Å²) in [5.74, 6) is 0.988. The Morgan fingerprint density at radius 1 is 0.871 bits per heavy atom. The van der Waals surface area contributed by atoms with E-state index in [9.17, 15) is 4.39 Å². The number of halogens is 1. The Bertz CT molecular complexity index is 1320. The number of benzene rings is 3. The zero-order valence-electron chi connectivity index (χ0n) is 16.7. The molecule has 0 aliphatic carbocycles. The minimum Gasteiger partial charge on any atom is -0.496 e. The second kappa shape index (κ2) is 7.91. The molecule has 0 radical (unpaired) electrons. The van der Waals surface area contributed by atoms with Gasteiger partial charge >= 0.3 is 0 Å². The Morgan fingerprint density at radius 2 is 1.61 bits per heavy atom. The first-order valence-corrected chi connectivity index (χ1v) is 9.74. The summed E-state index contributed by atoms with van der Waals surface area (Å²) >= 11 is 0. The number of hydrogen-bond donors (Lipinski definition) is 0.